The number of hydrogen-bond acceptors (Lipinski definition) is 7. The van der Waals surface area contributed by atoms with E-state index in [4.69, 9.17) is 14.5 Å². The Morgan fingerprint density at radius 2 is 1.78 bits per heavy atom. The lowest BCUT2D eigenvalue weighted by molar-refractivity contribution is -0.385. The number of aryl methyl sites for hydroxylation is 1. The highest BCUT2D eigenvalue weighted by Gasteiger charge is 2.33. The molecule has 1 aliphatic rings. The molecular weight excluding hydrogens is 490 g/mol. The number of rotatable bonds is 9. The number of hydrogen-bond donors (Lipinski definition) is 0. The molecule has 1 aliphatic heterocycles. The molecule has 1 amide bonds. The lowest BCUT2D eigenvalue weighted by Gasteiger charge is -2.13. The number of para-hydroxylation sites is 1. The largest absolute Gasteiger partial charge is 0.493 e. The molecule has 9 heteroatoms. The van der Waals surface area contributed by atoms with Crippen molar-refractivity contribution in [3.8, 4) is 11.5 Å². The second-order valence-electron chi connectivity index (χ2n) is 8.13. The zero-order chi connectivity index (χ0) is 26.4. The van der Waals surface area contributed by atoms with Crippen LogP contribution in [-0.4, -0.2) is 34.6 Å². The second-order valence-corrected chi connectivity index (χ2v) is 9.14. The number of benzene rings is 3. The van der Waals surface area contributed by atoms with Gasteiger partial charge in [-0.3, -0.25) is 19.8 Å². The van der Waals surface area contributed by atoms with Crippen molar-refractivity contribution in [2.24, 2.45) is 4.99 Å². The maximum absolute atomic E-state index is 13.2. The molecule has 8 nitrogen and oxygen atoms in total. The van der Waals surface area contributed by atoms with Gasteiger partial charge in [0.25, 0.3) is 11.6 Å². The van der Waals surface area contributed by atoms with Crippen LogP contribution >= 0.6 is 11.8 Å². The zero-order valence-electron chi connectivity index (χ0n) is 20.8. The van der Waals surface area contributed by atoms with E-state index < -0.39 is 4.92 Å². The number of aliphatic imine (C=N–C) groups is 1. The van der Waals surface area contributed by atoms with Crippen LogP contribution < -0.4 is 9.47 Å². The third-order valence-electron chi connectivity index (χ3n) is 5.83. The second kappa shape index (κ2) is 11.7. The minimum atomic E-state index is -0.491. The van der Waals surface area contributed by atoms with Crippen LogP contribution in [-0.2, 0) is 17.8 Å². The summed E-state index contributed by atoms with van der Waals surface area (Å²) in [4.78, 5) is 31.3. The van der Waals surface area contributed by atoms with Crippen molar-refractivity contribution >= 4 is 40.3 Å². The molecule has 1 heterocycles. The quantitative estimate of drug-likeness (QED) is 0.186. The number of carbonyl (C=O) groups excluding carboxylic acids is 1. The van der Waals surface area contributed by atoms with E-state index in [-0.39, 0.29) is 29.5 Å². The molecule has 0 aliphatic carbocycles. The van der Waals surface area contributed by atoms with E-state index in [1.807, 2.05) is 61.5 Å². The number of carbonyl (C=O) groups is 1. The number of amides is 1. The van der Waals surface area contributed by atoms with Crippen molar-refractivity contribution in [3.63, 3.8) is 0 Å². The minimum Gasteiger partial charge on any atom is -0.493 e. The lowest BCUT2D eigenvalue weighted by atomic mass is 10.1. The molecule has 0 bridgehead atoms. The predicted octanol–water partition coefficient (Wildman–Crippen LogP) is 6.37. The molecule has 3 aromatic rings. The van der Waals surface area contributed by atoms with E-state index in [1.54, 1.807) is 4.90 Å². The molecule has 190 valence electrons. The van der Waals surface area contributed by atoms with E-state index in [0.29, 0.717) is 22.4 Å². The summed E-state index contributed by atoms with van der Waals surface area (Å²) >= 11 is 1.20. The third kappa shape index (κ3) is 5.83. The lowest BCUT2D eigenvalue weighted by Crippen LogP contribution is -2.28. The number of thioether (sulfide) groups is 1. The highest BCUT2D eigenvalue weighted by molar-refractivity contribution is 8.18. The van der Waals surface area contributed by atoms with Crippen molar-refractivity contribution in [2.45, 2.75) is 26.9 Å². The van der Waals surface area contributed by atoms with Gasteiger partial charge in [-0.2, -0.15) is 0 Å². The van der Waals surface area contributed by atoms with Crippen molar-refractivity contribution in [3.05, 3.63) is 98.4 Å². The average Bonchev–Trinajstić information content (AvgIpc) is 3.21. The molecule has 37 heavy (non-hydrogen) atoms. The van der Waals surface area contributed by atoms with Gasteiger partial charge in [0.15, 0.2) is 16.7 Å². The Kier molecular flexibility index (Phi) is 8.25. The summed E-state index contributed by atoms with van der Waals surface area (Å²) in [6, 6.07) is 20.1. The molecule has 0 radical (unpaired) electrons. The first-order valence-corrected chi connectivity index (χ1v) is 12.7. The van der Waals surface area contributed by atoms with Crippen LogP contribution in [0, 0.1) is 10.1 Å². The van der Waals surface area contributed by atoms with E-state index in [0.717, 1.165) is 23.2 Å². The minimum absolute atomic E-state index is 0.186. The Balaban J connectivity index is 1.69. The zero-order valence-corrected chi connectivity index (χ0v) is 21.7. The topological polar surface area (TPSA) is 94.3 Å². The number of nitrogens with zero attached hydrogens (tertiary/aromatic N) is 3. The highest BCUT2D eigenvalue weighted by atomic mass is 32.2. The Morgan fingerprint density at radius 1 is 1.05 bits per heavy atom. The monoisotopic (exact) mass is 517 g/mol. The maximum atomic E-state index is 13.2. The average molecular weight is 518 g/mol. The summed E-state index contributed by atoms with van der Waals surface area (Å²) in [5.41, 5.74) is 2.85. The summed E-state index contributed by atoms with van der Waals surface area (Å²) < 4.78 is 11.3. The van der Waals surface area contributed by atoms with Gasteiger partial charge in [0.05, 0.1) is 34.3 Å². The van der Waals surface area contributed by atoms with Gasteiger partial charge in [-0.25, -0.2) is 4.99 Å². The Morgan fingerprint density at radius 3 is 2.46 bits per heavy atom. The smallest absolute Gasteiger partial charge is 0.280 e. The van der Waals surface area contributed by atoms with Crippen molar-refractivity contribution in [2.75, 3.05) is 13.7 Å². The van der Waals surface area contributed by atoms with E-state index in [9.17, 15) is 14.9 Å². The summed E-state index contributed by atoms with van der Waals surface area (Å²) in [5.74, 6) is 0.332. The maximum Gasteiger partial charge on any atom is 0.280 e. The number of ether oxygens (including phenoxy) is 2. The first-order chi connectivity index (χ1) is 17.9. The van der Waals surface area contributed by atoms with Gasteiger partial charge >= 0.3 is 0 Å². The Hall–Kier alpha value is -4.11. The van der Waals surface area contributed by atoms with Gasteiger partial charge in [-0.15, -0.1) is 0 Å². The fourth-order valence-electron chi connectivity index (χ4n) is 3.88. The normalized spacial score (nSPS) is 15.4. The SMILES string of the molecule is CCc1ccccc1N=C1S/C(=C/c2cc(OC)c(OCc3ccccc3)cc2[N+](=O)[O-])C(=O)N1CC. The number of nitro groups is 1. The molecular formula is C28H27N3O5S. The van der Waals surface area contributed by atoms with Gasteiger partial charge in [0.1, 0.15) is 6.61 Å². The molecule has 3 aromatic carbocycles. The number of amidine groups is 1. The van der Waals surface area contributed by atoms with Crippen molar-refractivity contribution < 1.29 is 19.2 Å². The van der Waals surface area contributed by atoms with Gasteiger partial charge < -0.3 is 9.47 Å². The van der Waals surface area contributed by atoms with E-state index >= 15 is 0 Å². The summed E-state index contributed by atoms with van der Waals surface area (Å²) in [6.07, 6.45) is 2.33. The third-order valence-corrected chi connectivity index (χ3v) is 6.83. The Bertz CT molecular complexity index is 1370. The van der Waals surface area contributed by atoms with Crippen molar-refractivity contribution in [1.82, 2.24) is 4.90 Å². The molecule has 0 saturated carbocycles. The fraction of sp³-hybridized carbons (Fsp3) is 0.214. The predicted molar refractivity (Wildman–Crippen MR) is 146 cm³/mol. The highest BCUT2D eigenvalue weighted by Crippen LogP contribution is 2.40. The molecule has 4 rings (SSSR count). The first kappa shape index (κ1) is 26.0. The van der Waals surface area contributed by atoms with Crippen LogP contribution in [0.15, 0.2) is 76.6 Å². The standard InChI is InChI=1S/C28H27N3O5S/c1-4-20-13-9-10-14-22(20)29-28-30(5-2)27(32)26(37-28)16-21-15-24(35-3)25(17-23(21)31(33)34)36-18-19-11-7-6-8-12-19/h6-17H,4-5,18H2,1-3H3/b26-16+,29-28?. The number of nitro benzene ring substituents is 1. The van der Waals surface area contributed by atoms with E-state index in [2.05, 4.69) is 6.92 Å². The molecule has 0 atom stereocenters. The van der Waals surface area contributed by atoms with Gasteiger partial charge in [0.2, 0.25) is 0 Å². The van der Waals surface area contributed by atoms with Crippen LogP contribution in [0.1, 0.15) is 30.5 Å². The van der Waals surface area contributed by atoms with Gasteiger partial charge in [0, 0.05) is 6.54 Å². The first-order valence-electron chi connectivity index (χ1n) is 11.9. The van der Waals surface area contributed by atoms with Crippen LogP contribution in [0.5, 0.6) is 11.5 Å². The van der Waals surface area contributed by atoms with Crippen LogP contribution in [0.2, 0.25) is 0 Å². The van der Waals surface area contributed by atoms with Gasteiger partial charge in [-0.1, -0.05) is 55.5 Å². The fourth-order valence-corrected chi connectivity index (χ4v) is 4.93. The number of methoxy groups -OCH3 is 1. The van der Waals surface area contributed by atoms with Crippen LogP contribution in [0.25, 0.3) is 6.08 Å². The Labute approximate surface area is 219 Å². The summed E-state index contributed by atoms with van der Waals surface area (Å²) in [6.45, 7) is 4.57. The summed E-state index contributed by atoms with van der Waals surface area (Å²) in [7, 11) is 1.47. The summed E-state index contributed by atoms with van der Waals surface area (Å²) in [5, 5.41) is 12.5. The van der Waals surface area contributed by atoms with Crippen LogP contribution in [0.3, 0.4) is 0 Å². The molecule has 1 saturated heterocycles. The number of likely N-dealkylation sites (N-methyl/N-ethyl adjacent to an activating group) is 1. The van der Waals surface area contributed by atoms with Crippen LogP contribution in [0.4, 0.5) is 11.4 Å². The molecule has 0 unspecified atom stereocenters. The van der Waals surface area contributed by atoms with Crippen molar-refractivity contribution in [1.29, 1.82) is 0 Å². The molecule has 0 spiro atoms. The van der Waals surface area contributed by atoms with E-state index in [1.165, 1.54) is 37.1 Å². The molecule has 0 N–H and O–H groups in total. The van der Waals surface area contributed by atoms with Gasteiger partial charge in [-0.05, 0) is 54.4 Å². The molecule has 0 aromatic heterocycles. The molecule has 1 fully saturated rings.